The maximum absolute atomic E-state index is 13.0. The molecule has 1 fully saturated rings. The largest absolute Gasteiger partial charge is 0.349 e. The molecule has 1 aliphatic carbocycles. The van der Waals surface area contributed by atoms with Crippen molar-refractivity contribution in [2.75, 3.05) is 5.75 Å². The van der Waals surface area contributed by atoms with Crippen LogP contribution in [-0.2, 0) is 14.3 Å². The van der Waals surface area contributed by atoms with Crippen molar-refractivity contribution in [2.24, 2.45) is 0 Å². The molecule has 1 saturated carbocycles. The molecule has 0 unspecified atom stereocenters. The number of carbonyl (C=O) groups excluding carboxylic acids is 1. The number of carbonyl (C=O) groups is 1. The Hall–Kier alpha value is -1.32. The first-order chi connectivity index (χ1) is 11.7. The van der Waals surface area contributed by atoms with Gasteiger partial charge in [-0.2, -0.15) is 8.42 Å². The van der Waals surface area contributed by atoms with Crippen molar-refractivity contribution >= 4 is 27.6 Å². The van der Waals surface area contributed by atoms with E-state index in [0.717, 1.165) is 12.3 Å². The van der Waals surface area contributed by atoms with E-state index in [1.54, 1.807) is 0 Å². The molecule has 0 radical (unpaired) electrons. The van der Waals surface area contributed by atoms with Crippen molar-refractivity contribution in [3.63, 3.8) is 0 Å². The number of nitrogens with one attached hydrogen (secondary N) is 1. The minimum Gasteiger partial charge on any atom is -0.349 e. The fourth-order valence-electron chi connectivity index (χ4n) is 2.65. The molecule has 1 aromatic rings. The molecule has 1 amide bonds. The zero-order valence-electron chi connectivity index (χ0n) is 13.5. The summed E-state index contributed by atoms with van der Waals surface area (Å²) in [5, 5.41) is 2.77. The van der Waals surface area contributed by atoms with E-state index >= 15 is 0 Å². The molecular formula is C15H19ClF2N2O4S. The van der Waals surface area contributed by atoms with Gasteiger partial charge in [-0.15, -0.1) is 0 Å². The summed E-state index contributed by atoms with van der Waals surface area (Å²) in [6.07, 6.45) is -0.332. The molecule has 10 heteroatoms. The van der Waals surface area contributed by atoms with E-state index in [0.29, 0.717) is 25.7 Å². The molecule has 2 rings (SSSR count). The van der Waals surface area contributed by atoms with Crippen LogP contribution in [0.5, 0.6) is 0 Å². The Morgan fingerprint density at radius 2 is 2.04 bits per heavy atom. The molecule has 1 aliphatic rings. The molecular weight excluding hydrogens is 378 g/mol. The Kier molecular flexibility index (Phi) is 6.70. The van der Waals surface area contributed by atoms with Gasteiger partial charge in [-0.3, -0.25) is 14.0 Å². The van der Waals surface area contributed by atoms with Gasteiger partial charge < -0.3 is 5.32 Å². The maximum atomic E-state index is 13.0. The van der Waals surface area contributed by atoms with Crippen LogP contribution >= 0.6 is 11.6 Å². The Balaban J connectivity index is 1.96. The summed E-state index contributed by atoms with van der Waals surface area (Å²) in [6.45, 7) is 1.50. The van der Waals surface area contributed by atoms with Gasteiger partial charge in [-0.05, 0) is 38.7 Å². The lowest BCUT2D eigenvalue weighted by atomic mass is 9.93. The summed E-state index contributed by atoms with van der Waals surface area (Å²) in [7, 11) is -3.52. The van der Waals surface area contributed by atoms with E-state index in [1.807, 2.05) is 0 Å². The van der Waals surface area contributed by atoms with Crippen LogP contribution in [0, 0.1) is 0 Å². The molecule has 0 saturated heterocycles. The minimum absolute atomic E-state index is 0.0939. The lowest BCUT2D eigenvalue weighted by Crippen LogP contribution is -2.40. The normalized spacial score (nSPS) is 21.3. The molecule has 25 heavy (non-hydrogen) atoms. The quantitative estimate of drug-likeness (QED) is 0.747. The molecule has 1 aromatic heterocycles. The third-order valence-electron chi connectivity index (χ3n) is 3.98. The third-order valence-corrected chi connectivity index (χ3v) is 5.46. The van der Waals surface area contributed by atoms with E-state index in [4.69, 9.17) is 15.8 Å². The highest BCUT2D eigenvalue weighted by atomic mass is 35.5. The number of amides is 1. The van der Waals surface area contributed by atoms with Gasteiger partial charge in [-0.25, -0.2) is 8.78 Å². The number of hydrogen-bond donors (Lipinski definition) is 1. The summed E-state index contributed by atoms with van der Waals surface area (Å²) in [6, 6.07) is 0.912. The van der Waals surface area contributed by atoms with Crippen LogP contribution in [0.3, 0.4) is 0 Å². The second-order valence-corrected chi connectivity index (χ2v) is 8.10. The van der Waals surface area contributed by atoms with Crippen LogP contribution in [0.1, 0.15) is 55.1 Å². The fourth-order valence-corrected chi connectivity index (χ4v) is 3.55. The van der Waals surface area contributed by atoms with Gasteiger partial charge >= 0.3 is 0 Å². The van der Waals surface area contributed by atoms with Crippen LogP contribution in [0.4, 0.5) is 8.78 Å². The van der Waals surface area contributed by atoms with Crippen molar-refractivity contribution in [1.82, 2.24) is 10.3 Å². The molecule has 0 bridgehead atoms. The molecule has 6 nitrogen and oxygen atoms in total. The van der Waals surface area contributed by atoms with Crippen molar-refractivity contribution in [3.05, 3.63) is 28.5 Å². The highest BCUT2D eigenvalue weighted by Gasteiger charge is 2.28. The Morgan fingerprint density at radius 3 is 2.60 bits per heavy atom. The first-order valence-electron chi connectivity index (χ1n) is 7.87. The fraction of sp³-hybridized carbons (Fsp3) is 0.600. The predicted molar refractivity (Wildman–Crippen MR) is 88.3 cm³/mol. The summed E-state index contributed by atoms with van der Waals surface area (Å²) >= 11 is 5.74. The minimum atomic E-state index is -3.52. The monoisotopic (exact) mass is 396 g/mol. The maximum Gasteiger partial charge on any atom is 0.281 e. The first-order valence-corrected chi connectivity index (χ1v) is 9.82. The number of rotatable bonds is 6. The number of hydrogen-bond acceptors (Lipinski definition) is 5. The SMILES string of the molecule is CCS(=O)(=O)OC1CCC(NC(=O)c2cc(Cl)cnc2C(F)F)CC1. The van der Waals surface area contributed by atoms with E-state index < -0.39 is 34.2 Å². The average Bonchev–Trinajstić information content (AvgIpc) is 2.56. The predicted octanol–water partition coefficient (Wildman–Crippen LogP) is 3.08. The van der Waals surface area contributed by atoms with E-state index in [2.05, 4.69) is 10.3 Å². The van der Waals surface area contributed by atoms with Crippen LogP contribution in [-0.4, -0.2) is 37.2 Å². The summed E-state index contributed by atoms with van der Waals surface area (Å²) in [4.78, 5) is 15.8. The van der Waals surface area contributed by atoms with Gasteiger partial charge in [0.25, 0.3) is 22.5 Å². The molecule has 1 N–H and O–H groups in total. The number of alkyl halides is 2. The molecule has 0 atom stereocenters. The molecule has 140 valence electrons. The topological polar surface area (TPSA) is 85.4 Å². The number of aromatic nitrogens is 1. The standard InChI is InChI=1S/C15H19ClF2N2O4S/c1-2-25(22,23)24-11-5-3-10(4-6-11)20-15(21)12-7-9(16)8-19-13(12)14(17)18/h7-8,10-11,14H,2-6H2,1H3,(H,20,21). The van der Waals surface area contributed by atoms with Gasteiger partial charge in [0.1, 0.15) is 5.69 Å². The van der Waals surface area contributed by atoms with Crippen molar-refractivity contribution < 1.29 is 26.2 Å². The molecule has 0 spiro atoms. The van der Waals surface area contributed by atoms with Gasteiger partial charge in [0, 0.05) is 12.2 Å². The summed E-state index contributed by atoms with van der Waals surface area (Å²) in [5.74, 6) is -0.766. The van der Waals surface area contributed by atoms with Crippen LogP contribution in [0.15, 0.2) is 12.3 Å². The smallest absolute Gasteiger partial charge is 0.281 e. The number of halogens is 3. The van der Waals surface area contributed by atoms with Gasteiger partial charge in [0.2, 0.25) is 0 Å². The lowest BCUT2D eigenvalue weighted by Gasteiger charge is -2.28. The van der Waals surface area contributed by atoms with E-state index in [-0.39, 0.29) is 22.4 Å². The van der Waals surface area contributed by atoms with Gasteiger partial charge in [0.05, 0.1) is 22.4 Å². The van der Waals surface area contributed by atoms with Crippen molar-refractivity contribution in [1.29, 1.82) is 0 Å². The van der Waals surface area contributed by atoms with Gasteiger partial charge in [-0.1, -0.05) is 11.6 Å². The highest BCUT2D eigenvalue weighted by molar-refractivity contribution is 7.86. The second-order valence-electron chi connectivity index (χ2n) is 5.78. The van der Waals surface area contributed by atoms with Crippen LogP contribution in [0.25, 0.3) is 0 Å². The zero-order valence-corrected chi connectivity index (χ0v) is 15.1. The summed E-state index contributed by atoms with van der Waals surface area (Å²) < 4.78 is 54.0. The highest BCUT2D eigenvalue weighted by Crippen LogP contribution is 2.26. The molecule has 0 aliphatic heterocycles. The lowest BCUT2D eigenvalue weighted by molar-refractivity contribution is 0.0882. The second kappa shape index (κ2) is 8.37. The Bertz CT molecular complexity index is 722. The Labute approximate surface area is 150 Å². The summed E-state index contributed by atoms with van der Waals surface area (Å²) in [5.41, 5.74) is -0.873. The first kappa shape index (κ1) is 20.0. The Morgan fingerprint density at radius 1 is 1.40 bits per heavy atom. The van der Waals surface area contributed by atoms with Gasteiger partial charge in [0.15, 0.2) is 0 Å². The van der Waals surface area contributed by atoms with E-state index in [9.17, 15) is 22.0 Å². The molecule has 0 aromatic carbocycles. The number of pyridine rings is 1. The molecule has 1 heterocycles. The third kappa shape index (κ3) is 5.58. The van der Waals surface area contributed by atoms with Crippen molar-refractivity contribution in [3.8, 4) is 0 Å². The average molecular weight is 397 g/mol. The number of nitrogens with zero attached hydrogens (tertiary/aromatic N) is 1. The van der Waals surface area contributed by atoms with E-state index in [1.165, 1.54) is 6.92 Å². The van der Waals surface area contributed by atoms with Crippen LogP contribution < -0.4 is 5.32 Å². The van der Waals surface area contributed by atoms with Crippen LogP contribution in [0.2, 0.25) is 5.02 Å². The zero-order chi connectivity index (χ0) is 18.6. The van der Waals surface area contributed by atoms with Crippen molar-refractivity contribution in [2.45, 2.75) is 51.2 Å².